The van der Waals surface area contributed by atoms with E-state index in [-0.39, 0.29) is 6.04 Å². The summed E-state index contributed by atoms with van der Waals surface area (Å²) in [7, 11) is 1.67. The number of nitrogens with zero attached hydrogens (tertiary/aromatic N) is 2. The first-order valence-electron chi connectivity index (χ1n) is 9.81. The predicted octanol–water partition coefficient (Wildman–Crippen LogP) is 4.95. The van der Waals surface area contributed by atoms with Crippen molar-refractivity contribution in [1.82, 2.24) is 9.88 Å². The molecule has 3 aromatic rings. The molecule has 0 amide bonds. The third-order valence-corrected chi connectivity index (χ3v) is 6.12. The molecule has 0 aliphatic carbocycles. The number of carbonyl (C=O) groups is 1. The molecule has 2 atom stereocenters. The maximum Gasteiger partial charge on any atom is 0.209 e. The monoisotopic (exact) mass is 408 g/mol. The molecule has 29 heavy (non-hydrogen) atoms. The van der Waals surface area contributed by atoms with Gasteiger partial charge < -0.3 is 9.47 Å². The zero-order valence-electron chi connectivity index (χ0n) is 16.4. The Balaban J connectivity index is 1.59. The van der Waals surface area contributed by atoms with Gasteiger partial charge in [-0.2, -0.15) is 0 Å². The number of para-hydroxylation sites is 2. The molecule has 0 saturated carbocycles. The highest BCUT2D eigenvalue weighted by Gasteiger charge is 2.33. The molecule has 0 bridgehead atoms. The molecule has 150 valence electrons. The topological polar surface area (TPSA) is 51.7 Å². The summed E-state index contributed by atoms with van der Waals surface area (Å²) < 4.78 is 11.5. The molecule has 0 spiro atoms. The zero-order valence-corrected chi connectivity index (χ0v) is 17.2. The van der Waals surface area contributed by atoms with Crippen molar-refractivity contribution < 1.29 is 14.3 Å². The fourth-order valence-electron chi connectivity index (χ4n) is 3.76. The van der Waals surface area contributed by atoms with Crippen molar-refractivity contribution in [2.75, 3.05) is 13.7 Å². The van der Waals surface area contributed by atoms with Crippen molar-refractivity contribution >= 4 is 17.6 Å². The molecular weight excluding hydrogens is 384 g/mol. The summed E-state index contributed by atoms with van der Waals surface area (Å²) in [6.07, 6.45) is 3.38. The second kappa shape index (κ2) is 9.20. The van der Waals surface area contributed by atoms with Crippen LogP contribution in [0.4, 0.5) is 0 Å². The Labute approximate surface area is 174 Å². The van der Waals surface area contributed by atoms with Gasteiger partial charge in [0, 0.05) is 17.5 Å². The number of aromatic nitrogens is 1. The number of ether oxygens (including phenoxy) is 2. The van der Waals surface area contributed by atoms with Gasteiger partial charge in [-0.1, -0.05) is 36.8 Å². The number of thiazole rings is 1. The number of carbonyl (C=O) groups excluding carboxylic acids is 1. The van der Waals surface area contributed by atoms with E-state index in [2.05, 4.69) is 10.3 Å². The van der Waals surface area contributed by atoms with Crippen LogP contribution in [-0.2, 0) is 4.79 Å². The minimum Gasteiger partial charge on any atom is -0.496 e. The normalized spacial score (nSPS) is 18.2. The van der Waals surface area contributed by atoms with E-state index in [9.17, 15) is 4.79 Å². The molecule has 1 fully saturated rings. The lowest BCUT2D eigenvalue weighted by molar-refractivity contribution is -0.125. The molecule has 1 aliphatic rings. The van der Waals surface area contributed by atoms with Crippen LogP contribution in [0.2, 0.25) is 0 Å². The Kier molecular flexibility index (Phi) is 6.22. The quantitative estimate of drug-likeness (QED) is 0.518. The lowest BCUT2D eigenvalue weighted by Gasteiger charge is -2.37. The molecule has 2 heterocycles. The summed E-state index contributed by atoms with van der Waals surface area (Å²) in [5.41, 5.74) is 1.88. The van der Waals surface area contributed by atoms with Crippen LogP contribution in [0.15, 0.2) is 60.0 Å². The fourth-order valence-corrected chi connectivity index (χ4v) is 4.73. The van der Waals surface area contributed by atoms with E-state index in [4.69, 9.17) is 14.5 Å². The van der Waals surface area contributed by atoms with E-state index in [1.54, 1.807) is 18.4 Å². The van der Waals surface area contributed by atoms with Crippen LogP contribution in [0.5, 0.6) is 11.5 Å². The van der Waals surface area contributed by atoms with Crippen LogP contribution in [0.25, 0.3) is 11.3 Å². The van der Waals surface area contributed by atoms with Crippen molar-refractivity contribution in [1.29, 1.82) is 0 Å². The second-order valence-electron chi connectivity index (χ2n) is 6.98. The number of rotatable bonds is 7. The molecule has 1 aliphatic heterocycles. The van der Waals surface area contributed by atoms with Crippen molar-refractivity contribution in [2.24, 2.45) is 0 Å². The van der Waals surface area contributed by atoms with Gasteiger partial charge in [0.1, 0.15) is 16.5 Å². The highest BCUT2D eigenvalue weighted by Crippen LogP contribution is 2.37. The number of piperidine rings is 1. The molecule has 1 unspecified atom stereocenters. The molecule has 6 heteroatoms. The minimum absolute atomic E-state index is 0.0659. The van der Waals surface area contributed by atoms with E-state index >= 15 is 0 Å². The van der Waals surface area contributed by atoms with Crippen LogP contribution in [0.1, 0.15) is 30.3 Å². The summed E-state index contributed by atoms with van der Waals surface area (Å²) in [4.78, 5) is 18.9. The van der Waals surface area contributed by atoms with Crippen molar-refractivity contribution in [3.8, 4) is 22.8 Å². The van der Waals surface area contributed by atoms with Gasteiger partial charge in [-0.05, 0) is 37.1 Å². The van der Waals surface area contributed by atoms with Crippen molar-refractivity contribution in [3.05, 3.63) is 65.0 Å². The number of hydrogen-bond donors (Lipinski definition) is 0. The molecule has 4 rings (SSSR count). The van der Waals surface area contributed by atoms with Crippen molar-refractivity contribution in [3.63, 3.8) is 0 Å². The van der Waals surface area contributed by atoms with Crippen LogP contribution in [0.3, 0.4) is 0 Å². The number of likely N-dealkylation sites (tertiary alicyclic amines) is 1. The summed E-state index contributed by atoms with van der Waals surface area (Å²) in [6, 6.07) is 17.5. The van der Waals surface area contributed by atoms with Gasteiger partial charge in [0.15, 0.2) is 6.29 Å². The minimum atomic E-state index is -0.624. The zero-order chi connectivity index (χ0) is 20.1. The lowest BCUT2D eigenvalue weighted by Crippen LogP contribution is -2.45. The van der Waals surface area contributed by atoms with Gasteiger partial charge in [0.25, 0.3) is 0 Å². The van der Waals surface area contributed by atoms with E-state index in [1.165, 1.54) is 0 Å². The largest absolute Gasteiger partial charge is 0.496 e. The van der Waals surface area contributed by atoms with Gasteiger partial charge in [-0.3, -0.25) is 9.69 Å². The average Bonchev–Trinajstić information content (AvgIpc) is 3.28. The highest BCUT2D eigenvalue weighted by atomic mass is 32.1. The van der Waals surface area contributed by atoms with E-state index in [1.807, 2.05) is 54.6 Å². The molecule has 2 aromatic carbocycles. The highest BCUT2D eigenvalue weighted by molar-refractivity contribution is 7.10. The Morgan fingerprint density at radius 3 is 2.72 bits per heavy atom. The van der Waals surface area contributed by atoms with Crippen molar-refractivity contribution in [2.45, 2.75) is 31.5 Å². The molecule has 1 aromatic heterocycles. The first kappa shape index (κ1) is 19.6. The fraction of sp³-hybridized carbons (Fsp3) is 0.304. The predicted molar refractivity (Wildman–Crippen MR) is 114 cm³/mol. The maximum absolute atomic E-state index is 11.9. The maximum atomic E-state index is 11.9. The van der Waals surface area contributed by atoms with Crippen LogP contribution >= 0.6 is 11.3 Å². The SMILES string of the molecule is COc1ccccc1-c1csc([C@H]2CCCCN2C(C=O)Oc2ccccc2)n1. The molecular formula is C23H24N2O3S. The molecule has 0 radical (unpaired) electrons. The Hall–Kier alpha value is -2.70. The van der Waals surface area contributed by atoms with Crippen LogP contribution < -0.4 is 9.47 Å². The van der Waals surface area contributed by atoms with E-state index < -0.39 is 6.23 Å². The number of methoxy groups -OCH3 is 1. The first-order chi connectivity index (χ1) is 14.3. The smallest absolute Gasteiger partial charge is 0.209 e. The lowest BCUT2D eigenvalue weighted by atomic mass is 10.0. The summed E-state index contributed by atoms with van der Waals surface area (Å²) in [6.45, 7) is 0.810. The average molecular weight is 409 g/mol. The van der Waals surface area contributed by atoms with Gasteiger partial charge >= 0.3 is 0 Å². The molecule has 5 nitrogen and oxygen atoms in total. The third-order valence-electron chi connectivity index (χ3n) is 5.18. The molecule has 1 saturated heterocycles. The number of hydrogen-bond acceptors (Lipinski definition) is 6. The summed E-state index contributed by atoms with van der Waals surface area (Å²) in [5.74, 6) is 1.51. The van der Waals surface area contributed by atoms with Crippen LogP contribution in [0, 0.1) is 0 Å². The number of aldehydes is 1. The third kappa shape index (κ3) is 4.33. The molecule has 0 N–H and O–H groups in total. The van der Waals surface area contributed by atoms with Gasteiger partial charge in [-0.15, -0.1) is 11.3 Å². The first-order valence-corrected chi connectivity index (χ1v) is 10.7. The van der Waals surface area contributed by atoms with Gasteiger partial charge in [0.2, 0.25) is 6.23 Å². The standard InChI is InChI=1S/C23H24N2O3S/c1-27-21-13-6-5-11-18(21)19-16-29-23(24-19)20-12-7-8-14-25(20)22(15-26)28-17-9-3-2-4-10-17/h2-6,9-11,13,15-16,20,22H,7-8,12,14H2,1H3/t20-,22?/m1/s1. The number of benzene rings is 2. The van der Waals surface area contributed by atoms with Gasteiger partial charge in [0.05, 0.1) is 18.8 Å². The van der Waals surface area contributed by atoms with Gasteiger partial charge in [-0.25, -0.2) is 4.98 Å². The summed E-state index contributed by atoms with van der Waals surface area (Å²) >= 11 is 1.63. The van der Waals surface area contributed by atoms with Crippen LogP contribution in [-0.4, -0.2) is 36.1 Å². The Morgan fingerprint density at radius 1 is 1.14 bits per heavy atom. The summed E-state index contributed by atoms with van der Waals surface area (Å²) in [5, 5.41) is 3.07. The van der Waals surface area contributed by atoms with E-state index in [0.717, 1.165) is 54.1 Å². The van der Waals surface area contributed by atoms with E-state index in [0.29, 0.717) is 5.75 Å². The Morgan fingerprint density at radius 2 is 1.93 bits per heavy atom. The second-order valence-corrected chi connectivity index (χ2v) is 7.87. The Bertz CT molecular complexity index is 944.